The summed E-state index contributed by atoms with van der Waals surface area (Å²) in [6, 6.07) is 0. The maximum atomic E-state index is 5.55. The number of nitrogens with zero attached hydrogens (tertiary/aromatic N) is 2. The SMILES string of the molecule is CCOC(C)(C)c1noc(CCCCN)n1. The molecule has 0 amide bonds. The first-order valence-electron chi connectivity index (χ1n) is 5.77. The first kappa shape index (κ1) is 13.1. The van der Waals surface area contributed by atoms with Crippen molar-refractivity contribution in [2.45, 2.75) is 45.6 Å². The number of hydrogen-bond acceptors (Lipinski definition) is 5. The van der Waals surface area contributed by atoms with Crippen molar-refractivity contribution in [1.82, 2.24) is 10.1 Å². The van der Waals surface area contributed by atoms with Crippen LogP contribution in [0.3, 0.4) is 0 Å². The second-order valence-electron chi connectivity index (χ2n) is 4.20. The lowest BCUT2D eigenvalue weighted by molar-refractivity contribution is -0.0221. The number of aryl methyl sites for hydroxylation is 1. The molecule has 0 saturated carbocycles. The van der Waals surface area contributed by atoms with Crippen LogP contribution in [-0.4, -0.2) is 23.3 Å². The van der Waals surface area contributed by atoms with Gasteiger partial charge in [0, 0.05) is 13.0 Å². The summed E-state index contributed by atoms with van der Waals surface area (Å²) in [5.41, 5.74) is 4.94. The van der Waals surface area contributed by atoms with Gasteiger partial charge < -0.3 is 15.0 Å². The minimum atomic E-state index is -0.482. The molecule has 0 saturated heterocycles. The van der Waals surface area contributed by atoms with E-state index in [2.05, 4.69) is 10.1 Å². The fraction of sp³-hybridized carbons (Fsp3) is 0.818. The molecule has 0 spiro atoms. The van der Waals surface area contributed by atoms with E-state index in [0.717, 1.165) is 19.3 Å². The third kappa shape index (κ3) is 3.57. The van der Waals surface area contributed by atoms with Gasteiger partial charge in [-0.15, -0.1) is 0 Å². The molecule has 16 heavy (non-hydrogen) atoms. The molecular formula is C11H21N3O2. The van der Waals surface area contributed by atoms with Crippen LogP contribution in [0.1, 0.15) is 45.3 Å². The average molecular weight is 227 g/mol. The molecule has 1 aromatic heterocycles. The topological polar surface area (TPSA) is 74.2 Å². The second-order valence-corrected chi connectivity index (χ2v) is 4.20. The molecule has 0 radical (unpaired) electrons. The monoisotopic (exact) mass is 227 g/mol. The molecule has 1 heterocycles. The third-order valence-electron chi connectivity index (χ3n) is 2.36. The van der Waals surface area contributed by atoms with Gasteiger partial charge >= 0.3 is 0 Å². The lowest BCUT2D eigenvalue weighted by Crippen LogP contribution is -2.23. The first-order chi connectivity index (χ1) is 7.60. The highest BCUT2D eigenvalue weighted by molar-refractivity contribution is 4.97. The van der Waals surface area contributed by atoms with Crippen LogP contribution < -0.4 is 5.73 Å². The third-order valence-corrected chi connectivity index (χ3v) is 2.36. The Morgan fingerprint density at radius 1 is 1.38 bits per heavy atom. The van der Waals surface area contributed by atoms with Gasteiger partial charge in [-0.05, 0) is 40.2 Å². The highest BCUT2D eigenvalue weighted by Gasteiger charge is 2.26. The minimum Gasteiger partial charge on any atom is -0.368 e. The minimum absolute atomic E-state index is 0.482. The summed E-state index contributed by atoms with van der Waals surface area (Å²) >= 11 is 0. The molecule has 2 N–H and O–H groups in total. The van der Waals surface area contributed by atoms with E-state index >= 15 is 0 Å². The summed E-state index contributed by atoms with van der Waals surface area (Å²) in [5, 5.41) is 3.94. The number of ether oxygens (including phenoxy) is 1. The van der Waals surface area contributed by atoms with E-state index < -0.39 is 5.60 Å². The summed E-state index contributed by atoms with van der Waals surface area (Å²) in [6.07, 6.45) is 2.74. The van der Waals surface area contributed by atoms with E-state index in [1.165, 1.54) is 0 Å². The molecular weight excluding hydrogens is 206 g/mol. The number of nitrogens with two attached hydrogens (primary N) is 1. The predicted molar refractivity (Wildman–Crippen MR) is 60.9 cm³/mol. The molecule has 5 nitrogen and oxygen atoms in total. The normalized spacial score (nSPS) is 12.0. The largest absolute Gasteiger partial charge is 0.368 e. The van der Waals surface area contributed by atoms with Crippen molar-refractivity contribution in [3.8, 4) is 0 Å². The Labute approximate surface area is 96.4 Å². The van der Waals surface area contributed by atoms with Crippen LogP contribution >= 0.6 is 0 Å². The number of rotatable bonds is 7. The molecule has 0 aliphatic rings. The maximum Gasteiger partial charge on any atom is 0.226 e. The average Bonchev–Trinajstić information content (AvgIpc) is 2.67. The van der Waals surface area contributed by atoms with Crippen molar-refractivity contribution in [2.24, 2.45) is 5.73 Å². The zero-order chi connectivity index (χ0) is 12.0. The lowest BCUT2D eigenvalue weighted by Gasteiger charge is -2.19. The molecule has 0 unspecified atom stereocenters. The second kappa shape index (κ2) is 5.96. The standard InChI is InChI=1S/C11H21N3O2/c1-4-15-11(2,3)10-13-9(16-14-10)7-5-6-8-12/h4-8,12H2,1-3H3. The summed E-state index contributed by atoms with van der Waals surface area (Å²) in [6.45, 7) is 7.15. The molecule has 1 rings (SSSR count). The Kier molecular flexibility index (Phi) is 4.89. The van der Waals surface area contributed by atoms with E-state index in [9.17, 15) is 0 Å². The number of aromatic nitrogens is 2. The fourth-order valence-corrected chi connectivity index (χ4v) is 1.45. The number of hydrogen-bond donors (Lipinski definition) is 1. The highest BCUT2D eigenvalue weighted by Crippen LogP contribution is 2.21. The quantitative estimate of drug-likeness (QED) is 0.716. The Hall–Kier alpha value is -0.940. The van der Waals surface area contributed by atoms with E-state index in [1.807, 2.05) is 20.8 Å². The van der Waals surface area contributed by atoms with Crippen LogP contribution in [0.2, 0.25) is 0 Å². The van der Waals surface area contributed by atoms with Gasteiger partial charge in [-0.2, -0.15) is 4.98 Å². The van der Waals surface area contributed by atoms with Gasteiger partial charge in [0.15, 0.2) is 0 Å². The van der Waals surface area contributed by atoms with Gasteiger partial charge in [0.05, 0.1) is 0 Å². The summed E-state index contributed by atoms with van der Waals surface area (Å²) in [7, 11) is 0. The number of unbranched alkanes of at least 4 members (excludes halogenated alkanes) is 1. The summed E-state index contributed by atoms with van der Waals surface area (Å²) in [5.74, 6) is 1.27. The van der Waals surface area contributed by atoms with Crippen LogP contribution in [0.15, 0.2) is 4.52 Å². The van der Waals surface area contributed by atoms with Gasteiger partial charge in [0.2, 0.25) is 11.7 Å². The van der Waals surface area contributed by atoms with Gasteiger partial charge in [0.1, 0.15) is 5.60 Å². The fourth-order valence-electron chi connectivity index (χ4n) is 1.45. The van der Waals surface area contributed by atoms with E-state index in [4.69, 9.17) is 15.0 Å². The van der Waals surface area contributed by atoms with Gasteiger partial charge in [-0.3, -0.25) is 0 Å². The molecule has 0 bridgehead atoms. The van der Waals surface area contributed by atoms with Crippen molar-refractivity contribution >= 4 is 0 Å². The van der Waals surface area contributed by atoms with Crippen molar-refractivity contribution < 1.29 is 9.26 Å². The van der Waals surface area contributed by atoms with Gasteiger partial charge in [-0.25, -0.2) is 0 Å². The Morgan fingerprint density at radius 2 is 2.12 bits per heavy atom. The van der Waals surface area contributed by atoms with Crippen molar-refractivity contribution in [3.05, 3.63) is 11.7 Å². The van der Waals surface area contributed by atoms with E-state index in [1.54, 1.807) is 0 Å². The van der Waals surface area contributed by atoms with E-state index in [-0.39, 0.29) is 0 Å². The molecule has 0 aliphatic carbocycles. The zero-order valence-corrected chi connectivity index (χ0v) is 10.3. The predicted octanol–water partition coefficient (Wildman–Crippen LogP) is 1.62. The molecule has 0 aromatic carbocycles. The lowest BCUT2D eigenvalue weighted by atomic mass is 10.1. The van der Waals surface area contributed by atoms with Gasteiger partial charge in [-0.1, -0.05) is 5.16 Å². The maximum absolute atomic E-state index is 5.55. The molecule has 0 fully saturated rings. The first-order valence-corrected chi connectivity index (χ1v) is 5.77. The Morgan fingerprint density at radius 3 is 2.75 bits per heavy atom. The molecule has 5 heteroatoms. The van der Waals surface area contributed by atoms with Crippen LogP contribution in [0.25, 0.3) is 0 Å². The van der Waals surface area contributed by atoms with Crippen LogP contribution in [0.4, 0.5) is 0 Å². The van der Waals surface area contributed by atoms with Gasteiger partial charge in [0.25, 0.3) is 0 Å². The van der Waals surface area contributed by atoms with Crippen LogP contribution in [0.5, 0.6) is 0 Å². The van der Waals surface area contributed by atoms with Crippen molar-refractivity contribution in [2.75, 3.05) is 13.2 Å². The van der Waals surface area contributed by atoms with E-state index in [0.29, 0.717) is 24.9 Å². The van der Waals surface area contributed by atoms with Crippen LogP contribution in [-0.2, 0) is 16.8 Å². The Balaban J connectivity index is 2.56. The zero-order valence-electron chi connectivity index (χ0n) is 10.3. The van der Waals surface area contributed by atoms with Crippen molar-refractivity contribution in [3.63, 3.8) is 0 Å². The molecule has 1 aromatic rings. The summed E-state index contributed by atoms with van der Waals surface area (Å²) < 4.78 is 10.7. The highest BCUT2D eigenvalue weighted by atomic mass is 16.5. The summed E-state index contributed by atoms with van der Waals surface area (Å²) in [4.78, 5) is 4.33. The molecule has 0 aliphatic heterocycles. The molecule has 0 atom stereocenters. The smallest absolute Gasteiger partial charge is 0.226 e. The molecule has 92 valence electrons. The van der Waals surface area contributed by atoms with Crippen LogP contribution in [0, 0.1) is 0 Å². The Bertz CT molecular complexity index is 310. The van der Waals surface area contributed by atoms with Crippen molar-refractivity contribution in [1.29, 1.82) is 0 Å².